The molecular formula is C19H17FN2O5S. The van der Waals surface area contributed by atoms with E-state index in [9.17, 15) is 17.6 Å². The van der Waals surface area contributed by atoms with Crippen molar-refractivity contribution in [2.75, 3.05) is 6.54 Å². The van der Waals surface area contributed by atoms with Crippen molar-refractivity contribution >= 4 is 27.1 Å². The number of sulfonamides is 1. The molecule has 0 spiro atoms. The zero-order valence-electron chi connectivity index (χ0n) is 14.7. The number of fused-ring (bicyclic) bond motifs is 1. The minimum atomic E-state index is -4.15. The zero-order valence-corrected chi connectivity index (χ0v) is 15.6. The van der Waals surface area contributed by atoms with E-state index in [0.29, 0.717) is 23.9 Å². The van der Waals surface area contributed by atoms with Crippen molar-refractivity contribution in [3.05, 3.63) is 60.2 Å². The summed E-state index contributed by atoms with van der Waals surface area (Å²) in [5.74, 6) is -1.34. The van der Waals surface area contributed by atoms with Gasteiger partial charge in [-0.3, -0.25) is 4.79 Å². The molecule has 0 saturated carbocycles. The molecular weight excluding hydrogens is 387 g/mol. The smallest absolute Gasteiger partial charge is 0.324 e. The Kier molecular flexibility index (Phi) is 4.86. The average molecular weight is 404 g/mol. The number of nitrogens with zero attached hydrogens (tertiary/aromatic N) is 2. The van der Waals surface area contributed by atoms with Crippen molar-refractivity contribution < 1.29 is 26.8 Å². The van der Waals surface area contributed by atoms with Crippen molar-refractivity contribution in [2.24, 2.45) is 0 Å². The summed E-state index contributed by atoms with van der Waals surface area (Å²) in [6.07, 6.45) is 0.788. The monoisotopic (exact) mass is 404 g/mol. The van der Waals surface area contributed by atoms with Gasteiger partial charge in [0, 0.05) is 6.54 Å². The quantitative estimate of drug-likeness (QED) is 0.608. The Balaban J connectivity index is 1.49. The lowest BCUT2D eigenvalue weighted by Gasteiger charge is -2.22. The van der Waals surface area contributed by atoms with Gasteiger partial charge in [0.1, 0.15) is 22.3 Å². The van der Waals surface area contributed by atoms with Crippen LogP contribution in [0.2, 0.25) is 0 Å². The van der Waals surface area contributed by atoms with Gasteiger partial charge in [-0.25, -0.2) is 17.8 Å². The van der Waals surface area contributed by atoms with Crippen LogP contribution in [0.1, 0.15) is 18.7 Å². The molecule has 0 radical (unpaired) electrons. The molecule has 2 heterocycles. The lowest BCUT2D eigenvalue weighted by molar-refractivity contribution is -0.149. The van der Waals surface area contributed by atoms with Crippen LogP contribution in [0.25, 0.3) is 11.1 Å². The van der Waals surface area contributed by atoms with Crippen molar-refractivity contribution in [1.29, 1.82) is 0 Å². The molecule has 1 atom stereocenters. The fourth-order valence-corrected chi connectivity index (χ4v) is 4.97. The topological polar surface area (TPSA) is 89.7 Å². The second-order valence-corrected chi connectivity index (χ2v) is 8.25. The number of hydrogen-bond donors (Lipinski definition) is 0. The fourth-order valence-electron chi connectivity index (χ4n) is 3.25. The SMILES string of the molecule is O=C(OCc1nc2ccccc2o1)C1CCCN1S(=O)(=O)c1ccccc1F. The highest BCUT2D eigenvalue weighted by Gasteiger charge is 2.41. The van der Waals surface area contributed by atoms with Gasteiger partial charge in [-0.2, -0.15) is 4.31 Å². The molecule has 4 rings (SSSR count). The van der Waals surface area contributed by atoms with Crippen LogP contribution in [0.15, 0.2) is 57.8 Å². The van der Waals surface area contributed by atoms with Gasteiger partial charge in [0.25, 0.3) is 0 Å². The number of carbonyl (C=O) groups excluding carboxylic acids is 1. The lowest BCUT2D eigenvalue weighted by Crippen LogP contribution is -2.41. The molecule has 1 aliphatic heterocycles. The summed E-state index contributed by atoms with van der Waals surface area (Å²) >= 11 is 0. The highest BCUT2D eigenvalue weighted by atomic mass is 32.2. The van der Waals surface area contributed by atoms with Gasteiger partial charge in [-0.15, -0.1) is 0 Å². The van der Waals surface area contributed by atoms with Crippen LogP contribution in [-0.4, -0.2) is 36.3 Å². The molecule has 146 valence electrons. The Labute approximate surface area is 160 Å². The Bertz CT molecular complexity index is 1100. The van der Waals surface area contributed by atoms with Crippen LogP contribution in [0.5, 0.6) is 0 Å². The lowest BCUT2D eigenvalue weighted by atomic mass is 10.2. The Morgan fingerprint density at radius 1 is 1.21 bits per heavy atom. The molecule has 9 heteroatoms. The van der Waals surface area contributed by atoms with Crippen LogP contribution in [0.4, 0.5) is 4.39 Å². The highest BCUT2D eigenvalue weighted by molar-refractivity contribution is 7.89. The molecule has 7 nitrogen and oxygen atoms in total. The summed E-state index contributed by atoms with van der Waals surface area (Å²) in [4.78, 5) is 16.3. The van der Waals surface area contributed by atoms with Gasteiger partial charge in [-0.1, -0.05) is 24.3 Å². The van der Waals surface area contributed by atoms with E-state index in [2.05, 4.69) is 4.98 Å². The van der Waals surface area contributed by atoms with Gasteiger partial charge >= 0.3 is 5.97 Å². The van der Waals surface area contributed by atoms with Gasteiger partial charge in [0.05, 0.1) is 0 Å². The molecule has 1 aliphatic rings. The van der Waals surface area contributed by atoms with Gasteiger partial charge in [0.2, 0.25) is 15.9 Å². The van der Waals surface area contributed by atoms with Crippen molar-refractivity contribution in [3.8, 4) is 0 Å². The molecule has 0 N–H and O–H groups in total. The number of esters is 1. The average Bonchev–Trinajstić information content (AvgIpc) is 3.33. The number of benzene rings is 2. The maximum Gasteiger partial charge on any atom is 0.324 e. The fraction of sp³-hybridized carbons (Fsp3) is 0.263. The first kappa shape index (κ1) is 18.6. The normalized spacial score (nSPS) is 17.8. The molecule has 28 heavy (non-hydrogen) atoms. The first-order valence-electron chi connectivity index (χ1n) is 8.74. The number of ether oxygens (including phenoxy) is 1. The zero-order chi connectivity index (χ0) is 19.7. The first-order chi connectivity index (χ1) is 13.5. The van der Waals surface area contributed by atoms with E-state index >= 15 is 0 Å². The van der Waals surface area contributed by atoms with E-state index in [4.69, 9.17) is 9.15 Å². The molecule has 2 aromatic carbocycles. The number of hydrogen-bond acceptors (Lipinski definition) is 6. The van der Waals surface area contributed by atoms with E-state index in [0.717, 1.165) is 10.4 Å². The van der Waals surface area contributed by atoms with Crippen LogP contribution >= 0.6 is 0 Å². The maximum absolute atomic E-state index is 14.0. The molecule has 0 bridgehead atoms. The van der Waals surface area contributed by atoms with Crippen LogP contribution in [0.3, 0.4) is 0 Å². The number of carbonyl (C=O) groups is 1. The van der Waals surface area contributed by atoms with E-state index < -0.39 is 32.7 Å². The van der Waals surface area contributed by atoms with E-state index in [-0.39, 0.29) is 19.0 Å². The molecule has 1 saturated heterocycles. The van der Waals surface area contributed by atoms with E-state index in [1.807, 2.05) is 6.07 Å². The largest absolute Gasteiger partial charge is 0.454 e. The first-order valence-corrected chi connectivity index (χ1v) is 10.2. The standard InChI is InChI=1S/C19H17FN2O5S/c20-13-6-1-4-10-17(13)28(24,25)22-11-5-8-15(22)19(23)26-12-18-21-14-7-2-3-9-16(14)27-18/h1-4,6-7,9-10,15H,5,8,11-12H2. The summed E-state index contributed by atoms with van der Waals surface area (Å²) in [6, 6.07) is 11.2. The highest BCUT2D eigenvalue weighted by Crippen LogP contribution is 2.28. The number of rotatable bonds is 5. The molecule has 0 aliphatic carbocycles. The van der Waals surface area contributed by atoms with Gasteiger partial charge in [0.15, 0.2) is 12.2 Å². The number of oxazole rings is 1. The second-order valence-electron chi connectivity index (χ2n) is 6.39. The summed E-state index contributed by atoms with van der Waals surface area (Å²) in [5, 5.41) is 0. The summed E-state index contributed by atoms with van der Waals surface area (Å²) in [6.45, 7) is -0.0864. The van der Waals surface area contributed by atoms with Crippen LogP contribution in [0, 0.1) is 5.82 Å². The Morgan fingerprint density at radius 2 is 1.96 bits per heavy atom. The van der Waals surface area contributed by atoms with Crippen molar-refractivity contribution in [2.45, 2.75) is 30.4 Å². The predicted octanol–water partition coefficient (Wildman–Crippen LogP) is 2.86. The summed E-state index contributed by atoms with van der Waals surface area (Å²) in [7, 11) is -4.15. The number of aromatic nitrogens is 1. The Hall–Kier alpha value is -2.78. The third-order valence-corrected chi connectivity index (χ3v) is 6.52. The van der Waals surface area contributed by atoms with Gasteiger partial charge in [-0.05, 0) is 37.1 Å². The summed E-state index contributed by atoms with van der Waals surface area (Å²) < 4.78 is 51.3. The third-order valence-electron chi connectivity index (χ3n) is 4.58. The summed E-state index contributed by atoms with van der Waals surface area (Å²) in [5.41, 5.74) is 1.20. The minimum absolute atomic E-state index is 0.124. The molecule has 1 unspecified atom stereocenters. The van der Waals surface area contributed by atoms with E-state index in [1.165, 1.54) is 18.2 Å². The molecule has 1 fully saturated rings. The Morgan fingerprint density at radius 3 is 2.75 bits per heavy atom. The number of halogens is 1. The number of para-hydroxylation sites is 2. The third kappa shape index (κ3) is 3.38. The maximum atomic E-state index is 14.0. The molecule has 0 amide bonds. The minimum Gasteiger partial charge on any atom is -0.454 e. The van der Waals surface area contributed by atoms with Crippen molar-refractivity contribution in [3.63, 3.8) is 0 Å². The molecule has 1 aromatic heterocycles. The van der Waals surface area contributed by atoms with Crippen LogP contribution in [-0.2, 0) is 26.2 Å². The van der Waals surface area contributed by atoms with Gasteiger partial charge < -0.3 is 9.15 Å². The van der Waals surface area contributed by atoms with Crippen LogP contribution < -0.4 is 0 Å². The van der Waals surface area contributed by atoms with E-state index in [1.54, 1.807) is 18.2 Å². The predicted molar refractivity (Wildman–Crippen MR) is 97.1 cm³/mol. The second kappa shape index (κ2) is 7.33. The van der Waals surface area contributed by atoms with Crippen molar-refractivity contribution in [1.82, 2.24) is 9.29 Å². The molecule has 3 aromatic rings.